The first kappa shape index (κ1) is 18.2. The molecule has 0 aliphatic heterocycles. The number of benzene rings is 1. The molecule has 0 fully saturated rings. The van der Waals surface area contributed by atoms with Gasteiger partial charge in [0.2, 0.25) is 0 Å². The molecule has 3 aromatic rings. The number of thiazole rings is 1. The van der Waals surface area contributed by atoms with Gasteiger partial charge in [0.05, 0.1) is 16.7 Å². The maximum Gasteiger partial charge on any atom is 0.328 e. The highest BCUT2D eigenvalue weighted by atomic mass is 32.1. The Labute approximate surface area is 155 Å². The van der Waals surface area contributed by atoms with E-state index < -0.39 is 0 Å². The normalized spacial score (nSPS) is 11.1. The number of urea groups is 1. The van der Waals surface area contributed by atoms with Crippen molar-refractivity contribution < 1.29 is 4.79 Å². The molecule has 0 bridgehead atoms. The van der Waals surface area contributed by atoms with E-state index in [1.165, 1.54) is 11.3 Å². The van der Waals surface area contributed by atoms with Gasteiger partial charge in [-0.05, 0) is 38.0 Å². The zero-order chi connectivity index (χ0) is 19.0. The molecule has 2 aromatic heterocycles. The molecule has 0 spiro atoms. The van der Waals surface area contributed by atoms with E-state index in [2.05, 4.69) is 15.6 Å². The number of hydrogen-bond donors (Lipinski definition) is 2. The molecular weight excluding hydrogens is 350 g/mol. The fraction of sp³-hybridized carbons (Fsp3) is 0.389. The molecule has 0 saturated carbocycles. The molecule has 0 unspecified atom stereocenters. The molecule has 0 radical (unpaired) electrons. The third kappa shape index (κ3) is 3.12. The molecule has 0 aliphatic carbocycles. The van der Waals surface area contributed by atoms with Crippen LogP contribution in [0.2, 0.25) is 0 Å². The van der Waals surface area contributed by atoms with Gasteiger partial charge in [0.1, 0.15) is 0 Å². The molecule has 26 heavy (non-hydrogen) atoms. The van der Waals surface area contributed by atoms with Crippen LogP contribution in [0.4, 0.5) is 9.93 Å². The van der Waals surface area contributed by atoms with Crippen LogP contribution in [0.3, 0.4) is 0 Å². The van der Waals surface area contributed by atoms with Crippen molar-refractivity contribution in [2.24, 2.45) is 14.1 Å². The highest BCUT2D eigenvalue weighted by Crippen LogP contribution is 2.34. The van der Waals surface area contributed by atoms with Crippen LogP contribution in [0.1, 0.15) is 23.8 Å². The predicted octanol–water partition coefficient (Wildman–Crippen LogP) is 3.15. The second kappa shape index (κ2) is 6.95. The minimum absolute atomic E-state index is 0.0542. The fourth-order valence-corrected chi connectivity index (χ4v) is 3.81. The smallest absolute Gasteiger partial charge is 0.328 e. The third-order valence-electron chi connectivity index (χ3n) is 4.43. The van der Waals surface area contributed by atoms with E-state index in [1.807, 2.05) is 32.9 Å². The Bertz CT molecular complexity index is 1040. The van der Waals surface area contributed by atoms with Crippen molar-refractivity contribution in [2.45, 2.75) is 27.2 Å². The molecule has 7 nitrogen and oxygen atoms in total. The number of fused-ring (bicyclic) bond motifs is 1. The summed E-state index contributed by atoms with van der Waals surface area (Å²) in [5, 5.41) is 6.13. The minimum atomic E-state index is -0.246. The van der Waals surface area contributed by atoms with E-state index in [-0.39, 0.29) is 11.7 Å². The zero-order valence-corrected chi connectivity index (χ0v) is 16.5. The number of nitrogens with zero attached hydrogens (tertiary/aromatic N) is 3. The van der Waals surface area contributed by atoms with Gasteiger partial charge in [-0.1, -0.05) is 6.92 Å². The molecule has 0 aliphatic rings. The van der Waals surface area contributed by atoms with Gasteiger partial charge in [-0.3, -0.25) is 14.5 Å². The Morgan fingerprint density at radius 2 is 1.85 bits per heavy atom. The van der Waals surface area contributed by atoms with Crippen LogP contribution in [0.5, 0.6) is 0 Å². The van der Waals surface area contributed by atoms with Gasteiger partial charge >= 0.3 is 11.7 Å². The first-order chi connectivity index (χ1) is 12.3. The van der Waals surface area contributed by atoms with Crippen LogP contribution < -0.4 is 16.3 Å². The summed E-state index contributed by atoms with van der Waals surface area (Å²) < 4.78 is 3.28. The fourth-order valence-electron chi connectivity index (χ4n) is 2.98. The number of nitrogens with one attached hydrogen (secondary N) is 2. The molecule has 0 atom stereocenters. The van der Waals surface area contributed by atoms with Crippen LogP contribution in [0.15, 0.2) is 16.9 Å². The number of imidazole rings is 1. The molecule has 2 heterocycles. The average Bonchev–Trinajstić information content (AvgIpc) is 3.05. The number of carbonyl (C=O) groups excluding carboxylic acids is 1. The average molecular weight is 373 g/mol. The summed E-state index contributed by atoms with van der Waals surface area (Å²) in [6, 6.07) is 3.76. The first-order valence-corrected chi connectivity index (χ1v) is 9.33. The van der Waals surface area contributed by atoms with Crippen LogP contribution in [-0.4, -0.2) is 26.7 Å². The molecule has 3 rings (SSSR count). The maximum absolute atomic E-state index is 12.2. The van der Waals surface area contributed by atoms with Crippen LogP contribution in [0.25, 0.3) is 22.3 Å². The highest BCUT2D eigenvalue weighted by molar-refractivity contribution is 7.16. The Balaban J connectivity index is 2.01. The highest BCUT2D eigenvalue weighted by Gasteiger charge is 2.17. The maximum atomic E-state index is 12.2. The largest absolute Gasteiger partial charge is 0.338 e. The van der Waals surface area contributed by atoms with Crippen molar-refractivity contribution in [3.8, 4) is 11.3 Å². The monoisotopic (exact) mass is 373 g/mol. The van der Waals surface area contributed by atoms with E-state index in [4.69, 9.17) is 0 Å². The molecular formula is C18H23N5O2S. The van der Waals surface area contributed by atoms with E-state index >= 15 is 0 Å². The molecule has 2 amide bonds. The Kier molecular flexibility index (Phi) is 4.86. The van der Waals surface area contributed by atoms with Crippen molar-refractivity contribution in [3.05, 3.63) is 33.1 Å². The summed E-state index contributed by atoms with van der Waals surface area (Å²) >= 11 is 1.44. The van der Waals surface area contributed by atoms with Crippen molar-refractivity contribution >= 4 is 33.5 Å². The van der Waals surface area contributed by atoms with E-state index in [0.717, 1.165) is 39.2 Å². The Morgan fingerprint density at radius 3 is 2.50 bits per heavy atom. The number of rotatable bonds is 4. The van der Waals surface area contributed by atoms with Crippen molar-refractivity contribution in [1.82, 2.24) is 19.4 Å². The Morgan fingerprint density at radius 1 is 1.19 bits per heavy atom. The van der Waals surface area contributed by atoms with Crippen LogP contribution in [-0.2, 0) is 14.1 Å². The first-order valence-electron chi connectivity index (χ1n) is 8.52. The topological polar surface area (TPSA) is 81.0 Å². The SMILES string of the molecule is CCCNC(=O)Nc1nc(-c2cc3c(cc2C)n(C)c(=O)n3C)c(C)s1. The van der Waals surface area contributed by atoms with Crippen LogP contribution in [0, 0.1) is 13.8 Å². The summed E-state index contributed by atoms with van der Waals surface area (Å²) in [5.74, 6) is 0. The second-order valence-corrected chi connectivity index (χ2v) is 7.56. The minimum Gasteiger partial charge on any atom is -0.338 e. The lowest BCUT2D eigenvalue weighted by molar-refractivity contribution is 0.252. The number of amides is 2. The zero-order valence-electron chi connectivity index (χ0n) is 15.6. The van der Waals surface area contributed by atoms with Gasteiger partial charge < -0.3 is 5.32 Å². The lowest BCUT2D eigenvalue weighted by atomic mass is 10.0. The summed E-state index contributed by atoms with van der Waals surface area (Å²) in [6.45, 7) is 6.62. The number of hydrogen-bond acceptors (Lipinski definition) is 4. The third-order valence-corrected chi connectivity index (χ3v) is 5.31. The van der Waals surface area contributed by atoms with Gasteiger partial charge in [-0.2, -0.15) is 0 Å². The van der Waals surface area contributed by atoms with Gasteiger partial charge in [-0.25, -0.2) is 14.6 Å². The van der Waals surface area contributed by atoms with E-state index in [1.54, 1.807) is 23.2 Å². The lowest BCUT2D eigenvalue weighted by Crippen LogP contribution is -2.29. The van der Waals surface area contributed by atoms with Gasteiger partial charge in [0.15, 0.2) is 5.13 Å². The molecule has 8 heteroatoms. The number of aromatic nitrogens is 3. The van der Waals surface area contributed by atoms with E-state index in [9.17, 15) is 9.59 Å². The molecule has 1 aromatic carbocycles. The quantitative estimate of drug-likeness (QED) is 0.737. The predicted molar refractivity (Wildman–Crippen MR) is 106 cm³/mol. The van der Waals surface area contributed by atoms with Gasteiger partial charge in [-0.15, -0.1) is 11.3 Å². The number of carbonyl (C=O) groups is 1. The molecule has 138 valence electrons. The summed E-state index contributed by atoms with van der Waals surface area (Å²) in [4.78, 5) is 29.7. The molecule has 2 N–H and O–H groups in total. The van der Waals surface area contributed by atoms with Crippen molar-refractivity contribution in [3.63, 3.8) is 0 Å². The van der Waals surface area contributed by atoms with Crippen molar-refractivity contribution in [2.75, 3.05) is 11.9 Å². The van der Waals surface area contributed by atoms with Crippen molar-refractivity contribution in [1.29, 1.82) is 0 Å². The van der Waals surface area contributed by atoms with E-state index in [0.29, 0.717) is 11.7 Å². The van der Waals surface area contributed by atoms with Gasteiger partial charge in [0, 0.05) is 31.1 Å². The second-order valence-electron chi connectivity index (χ2n) is 6.36. The number of aryl methyl sites for hydroxylation is 4. The standard InChI is InChI=1S/C18H23N5O2S/c1-6-7-19-16(24)21-17-20-15(11(3)26-17)12-9-14-13(8-10(12)2)22(4)18(25)23(14)5/h8-9H,6-7H2,1-5H3,(H2,19,20,21,24). The van der Waals surface area contributed by atoms with Crippen LogP contribution >= 0.6 is 11.3 Å². The number of anilines is 1. The van der Waals surface area contributed by atoms with Gasteiger partial charge in [0.25, 0.3) is 0 Å². The summed E-state index contributed by atoms with van der Waals surface area (Å²) in [6.07, 6.45) is 0.880. The summed E-state index contributed by atoms with van der Waals surface area (Å²) in [5.41, 5.74) is 4.53. The summed E-state index contributed by atoms with van der Waals surface area (Å²) in [7, 11) is 3.54. The lowest BCUT2D eigenvalue weighted by Gasteiger charge is -2.06. The molecule has 0 saturated heterocycles. The Hall–Kier alpha value is -2.61.